The van der Waals surface area contributed by atoms with Crippen LogP contribution in [0.1, 0.15) is 67.2 Å². The number of carbonyl (C=O) groups is 4. The molecule has 5 atom stereocenters. The summed E-state index contributed by atoms with van der Waals surface area (Å²) < 4.78 is 44.7. The molecule has 3 N–H and O–H groups in total. The topological polar surface area (TPSA) is 182 Å². The molecular formula is C36H49N5O9S. The highest BCUT2D eigenvalue weighted by Gasteiger charge is 2.60. The highest BCUT2D eigenvalue weighted by Crippen LogP contribution is 2.53. The van der Waals surface area contributed by atoms with Gasteiger partial charge in [-0.25, -0.2) is 18.2 Å². The van der Waals surface area contributed by atoms with E-state index in [-0.39, 0.29) is 25.4 Å². The third kappa shape index (κ3) is 8.40. The van der Waals surface area contributed by atoms with Crippen LogP contribution in [-0.2, 0) is 29.1 Å². The molecule has 0 radical (unpaired) electrons. The quantitative estimate of drug-likeness (QED) is 0.274. The van der Waals surface area contributed by atoms with E-state index < -0.39 is 73.7 Å². The molecule has 1 saturated heterocycles. The summed E-state index contributed by atoms with van der Waals surface area (Å²) in [5.74, 6) is -1.26. The molecule has 0 spiro atoms. The van der Waals surface area contributed by atoms with Crippen molar-refractivity contribution < 1.29 is 41.8 Å². The summed E-state index contributed by atoms with van der Waals surface area (Å²) in [6, 6.07) is 5.26. The van der Waals surface area contributed by atoms with Crippen LogP contribution in [0.2, 0.25) is 0 Å². The average molecular weight is 728 g/mol. The summed E-state index contributed by atoms with van der Waals surface area (Å²) in [5, 5.41) is 6.40. The van der Waals surface area contributed by atoms with E-state index in [1.165, 1.54) is 4.90 Å². The van der Waals surface area contributed by atoms with Gasteiger partial charge in [-0.05, 0) is 57.4 Å². The lowest BCUT2D eigenvalue weighted by Gasteiger charge is -2.35. The van der Waals surface area contributed by atoms with Gasteiger partial charge in [0.1, 0.15) is 29.5 Å². The Morgan fingerprint density at radius 3 is 2.33 bits per heavy atom. The van der Waals surface area contributed by atoms with Crippen molar-refractivity contribution in [2.24, 2.45) is 16.7 Å². The summed E-state index contributed by atoms with van der Waals surface area (Å²) in [6.07, 6.45) is 3.02. The number of hydrogen-bond donors (Lipinski definition) is 3. The van der Waals surface area contributed by atoms with Crippen LogP contribution < -0.4 is 24.8 Å². The van der Waals surface area contributed by atoms with Gasteiger partial charge in [0.15, 0.2) is 0 Å². The predicted molar refractivity (Wildman–Crippen MR) is 189 cm³/mol. The van der Waals surface area contributed by atoms with E-state index >= 15 is 0 Å². The van der Waals surface area contributed by atoms with Crippen LogP contribution in [0.5, 0.6) is 11.6 Å². The first-order chi connectivity index (χ1) is 23.8. The van der Waals surface area contributed by atoms with Crippen LogP contribution in [0.4, 0.5) is 4.79 Å². The first-order valence-electron chi connectivity index (χ1n) is 17.1. The SMILES string of the molecule is C=C[C@@H]1C[C@]1(CNC(=O)C1C[C@@H](Oc2ncc(OC)c3ccccc23)CN1C(=O)[C@@H](NC(=O)OC(C)(C)C)C(C)(C)C)C(=O)NS(=O)(=O)C1CC1. The van der Waals surface area contributed by atoms with E-state index in [1.807, 2.05) is 24.3 Å². The molecule has 2 heterocycles. The second kappa shape index (κ2) is 14.0. The maximum Gasteiger partial charge on any atom is 0.408 e. The zero-order chi connectivity index (χ0) is 37.5. The lowest BCUT2D eigenvalue weighted by molar-refractivity contribution is -0.142. The maximum atomic E-state index is 14.4. The normalized spacial score (nSPS) is 23.9. The summed E-state index contributed by atoms with van der Waals surface area (Å²) in [5.41, 5.74) is -2.80. The Labute approximate surface area is 299 Å². The van der Waals surface area contributed by atoms with Crippen LogP contribution in [0, 0.1) is 16.7 Å². The number of carbonyl (C=O) groups excluding carboxylic acids is 4. The van der Waals surface area contributed by atoms with Crippen LogP contribution in [0.15, 0.2) is 43.1 Å². The van der Waals surface area contributed by atoms with Crippen molar-refractivity contribution in [1.29, 1.82) is 0 Å². The number of fused-ring (bicyclic) bond motifs is 1. The summed E-state index contributed by atoms with van der Waals surface area (Å²) in [7, 11) is -2.27. The molecule has 0 bridgehead atoms. The first-order valence-corrected chi connectivity index (χ1v) is 18.7. The summed E-state index contributed by atoms with van der Waals surface area (Å²) in [4.78, 5) is 60.5. The molecule has 2 saturated carbocycles. The van der Waals surface area contributed by atoms with E-state index in [2.05, 4.69) is 26.9 Å². The lowest BCUT2D eigenvalue weighted by atomic mass is 9.85. The van der Waals surface area contributed by atoms with Crippen molar-refractivity contribution in [3.05, 3.63) is 43.1 Å². The number of hydrogen-bond acceptors (Lipinski definition) is 10. The van der Waals surface area contributed by atoms with Crippen LogP contribution >= 0.6 is 0 Å². The van der Waals surface area contributed by atoms with Crippen molar-refractivity contribution in [3.8, 4) is 11.6 Å². The fourth-order valence-corrected chi connectivity index (χ4v) is 7.80. The predicted octanol–water partition coefficient (Wildman–Crippen LogP) is 3.45. The van der Waals surface area contributed by atoms with Gasteiger partial charge < -0.3 is 29.7 Å². The number of benzene rings is 1. The zero-order valence-electron chi connectivity index (χ0n) is 30.3. The molecule has 4 amide bonds. The van der Waals surface area contributed by atoms with Gasteiger partial charge in [0, 0.05) is 23.7 Å². The molecule has 3 fully saturated rings. The number of nitrogens with zero attached hydrogens (tertiary/aromatic N) is 2. The number of amides is 4. The first kappa shape index (κ1) is 37.8. The van der Waals surface area contributed by atoms with Crippen LogP contribution in [-0.4, -0.2) is 91.4 Å². The Morgan fingerprint density at radius 1 is 1.10 bits per heavy atom. The number of methoxy groups -OCH3 is 1. The Morgan fingerprint density at radius 2 is 1.76 bits per heavy atom. The zero-order valence-corrected chi connectivity index (χ0v) is 31.1. The van der Waals surface area contributed by atoms with Gasteiger partial charge >= 0.3 is 6.09 Å². The fourth-order valence-electron chi connectivity index (χ4n) is 6.41. The number of sulfonamides is 1. The minimum Gasteiger partial charge on any atom is -0.494 e. The monoisotopic (exact) mass is 727 g/mol. The number of aromatic nitrogens is 1. The minimum atomic E-state index is -3.81. The van der Waals surface area contributed by atoms with Gasteiger partial charge in [-0.15, -0.1) is 6.58 Å². The number of ether oxygens (including phenoxy) is 3. The van der Waals surface area contributed by atoms with Gasteiger partial charge in [0.2, 0.25) is 33.6 Å². The number of allylic oxidation sites excluding steroid dienone is 1. The summed E-state index contributed by atoms with van der Waals surface area (Å²) >= 11 is 0. The molecule has 5 rings (SSSR count). The van der Waals surface area contributed by atoms with Crippen molar-refractivity contribution in [2.75, 3.05) is 20.2 Å². The van der Waals surface area contributed by atoms with Crippen molar-refractivity contribution in [3.63, 3.8) is 0 Å². The molecule has 2 aliphatic carbocycles. The number of nitrogens with one attached hydrogen (secondary N) is 3. The molecule has 51 heavy (non-hydrogen) atoms. The Hall–Kier alpha value is -4.40. The second-order valence-corrected chi connectivity index (χ2v) is 17.7. The standard InChI is InChI=1S/C36H49N5O9S/c1-9-21-17-36(21,32(44)40-51(46,47)23-14-15-23)20-38-29(42)26-16-22(49-30-25-13-11-10-12-24(25)27(48-8)18-37-30)19-41(26)31(43)28(34(2,3)4)39-33(45)50-35(5,6)7/h9-13,18,21-23,26,28H,1,14-17,19-20H2,2-8H3,(H,38,42)(H,39,45)(H,40,44)/t21-,22-,26?,28-,36-/m1/s1. The van der Waals surface area contributed by atoms with Crippen molar-refractivity contribution in [2.45, 2.75) is 96.3 Å². The smallest absolute Gasteiger partial charge is 0.408 e. The molecule has 1 aliphatic heterocycles. The van der Waals surface area contributed by atoms with E-state index in [0.717, 1.165) is 5.39 Å². The van der Waals surface area contributed by atoms with E-state index in [1.54, 1.807) is 60.9 Å². The molecule has 2 aromatic rings. The van der Waals surface area contributed by atoms with Crippen molar-refractivity contribution in [1.82, 2.24) is 25.2 Å². The maximum absolute atomic E-state index is 14.4. The molecule has 278 valence electrons. The number of alkyl carbamates (subject to hydrolysis) is 1. The average Bonchev–Trinajstić information content (AvgIpc) is 3.97. The Balaban J connectivity index is 1.40. The molecule has 1 aromatic heterocycles. The number of likely N-dealkylation sites (tertiary alicyclic amines) is 1. The Bertz CT molecular complexity index is 1810. The molecule has 3 aliphatic rings. The van der Waals surface area contributed by atoms with Crippen LogP contribution in [0.25, 0.3) is 10.8 Å². The van der Waals surface area contributed by atoms with Gasteiger partial charge in [-0.1, -0.05) is 45.0 Å². The molecule has 1 unspecified atom stereocenters. The fraction of sp³-hybridized carbons (Fsp3) is 0.583. The lowest BCUT2D eigenvalue weighted by Crippen LogP contribution is -2.58. The van der Waals surface area contributed by atoms with E-state index in [4.69, 9.17) is 14.2 Å². The van der Waals surface area contributed by atoms with Gasteiger partial charge in [0.25, 0.3) is 0 Å². The minimum absolute atomic E-state index is 0.0118. The van der Waals surface area contributed by atoms with Gasteiger partial charge in [-0.2, -0.15) is 0 Å². The van der Waals surface area contributed by atoms with E-state index in [0.29, 0.717) is 36.3 Å². The third-order valence-corrected chi connectivity index (χ3v) is 11.3. The summed E-state index contributed by atoms with van der Waals surface area (Å²) in [6.45, 7) is 14.1. The largest absolute Gasteiger partial charge is 0.494 e. The molecular weight excluding hydrogens is 678 g/mol. The third-order valence-electron chi connectivity index (χ3n) is 9.49. The van der Waals surface area contributed by atoms with E-state index in [9.17, 15) is 27.6 Å². The second-order valence-electron chi connectivity index (χ2n) is 15.7. The van der Waals surface area contributed by atoms with Crippen LogP contribution in [0.3, 0.4) is 0 Å². The number of rotatable bonds is 12. The van der Waals surface area contributed by atoms with Crippen molar-refractivity contribution >= 4 is 44.6 Å². The number of pyridine rings is 1. The molecule has 14 nitrogen and oxygen atoms in total. The Kier molecular flexibility index (Phi) is 10.4. The molecule has 15 heteroatoms. The highest BCUT2D eigenvalue weighted by atomic mass is 32.2. The van der Waals surface area contributed by atoms with Gasteiger partial charge in [-0.3, -0.25) is 19.1 Å². The van der Waals surface area contributed by atoms with Gasteiger partial charge in [0.05, 0.1) is 30.5 Å². The molecule has 1 aromatic carbocycles. The highest BCUT2D eigenvalue weighted by molar-refractivity contribution is 7.90.